The fourth-order valence-corrected chi connectivity index (χ4v) is 1.32. The third kappa shape index (κ3) is 6.73. The quantitative estimate of drug-likeness (QED) is 0.522. The van der Waals surface area contributed by atoms with Crippen LogP contribution >= 0.6 is 0 Å². The van der Waals surface area contributed by atoms with Gasteiger partial charge >= 0.3 is 0 Å². The Hall–Kier alpha value is -0.753. The van der Waals surface area contributed by atoms with Crippen LogP contribution in [0.3, 0.4) is 0 Å². The highest BCUT2D eigenvalue weighted by Gasteiger charge is 2.19. The van der Waals surface area contributed by atoms with Gasteiger partial charge in [-0.05, 0) is 0 Å². The summed E-state index contributed by atoms with van der Waals surface area (Å²) in [4.78, 5) is 11.4. The van der Waals surface area contributed by atoms with Gasteiger partial charge in [0.2, 0.25) is 5.91 Å². The zero-order valence-electron chi connectivity index (χ0n) is 10.1. The molecule has 0 radical (unpaired) electrons. The Morgan fingerprint density at radius 3 is 2.14 bits per heavy atom. The summed E-state index contributed by atoms with van der Waals surface area (Å²) in [6.07, 6.45) is 0. The molecule has 0 spiro atoms. The molecule has 0 aliphatic carbocycles. The Bertz CT molecular complexity index is 260. The van der Waals surface area contributed by atoms with Crippen molar-refractivity contribution in [2.45, 2.75) is 40.4 Å². The molecule has 2 nitrogen and oxygen atoms in total. The van der Waals surface area contributed by atoms with Crippen molar-refractivity contribution in [3.63, 3.8) is 0 Å². The van der Waals surface area contributed by atoms with Crippen molar-refractivity contribution in [1.29, 1.82) is 0 Å². The van der Waals surface area contributed by atoms with E-state index in [4.69, 9.17) is 0 Å². The van der Waals surface area contributed by atoms with Crippen LogP contribution in [-0.2, 0) is 4.79 Å². The van der Waals surface area contributed by atoms with Crippen LogP contribution in [0.15, 0.2) is 0 Å². The molecule has 0 saturated heterocycles. The lowest BCUT2D eigenvalue weighted by Crippen LogP contribution is -2.35. The van der Waals surface area contributed by atoms with Crippen molar-refractivity contribution >= 4 is 14.0 Å². The van der Waals surface area contributed by atoms with Crippen LogP contribution in [0.1, 0.15) is 20.8 Å². The average molecular weight is 211 g/mol. The maximum absolute atomic E-state index is 11.4. The lowest BCUT2D eigenvalue weighted by atomic mass is 9.96. The van der Waals surface area contributed by atoms with Gasteiger partial charge in [-0.1, -0.05) is 46.3 Å². The largest absolute Gasteiger partial charge is 0.345 e. The molecule has 0 fully saturated rings. The van der Waals surface area contributed by atoms with Gasteiger partial charge < -0.3 is 5.32 Å². The molecule has 0 aromatic heterocycles. The molecular formula is C11H21NOSi. The van der Waals surface area contributed by atoms with Crippen molar-refractivity contribution in [3.8, 4) is 11.5 Å². The Labute approximate surface area is 88.5 Å². The predicted molar refractivity (Wildman–Crippen MR) is 63.6 cm³/mol. The van der Waals surface area contributed by atoms with Crippen LogP contribution in [0.4, 0.5) is 0 Å². The molecule has 0 aliphatic heterocycles. The minimum Gasteiger partial charge on any atom is -0.345 e. The molecule has 0 heterocycles. The third-order valence-corrected chi connectivity index (χ3v) is 2.41. The Morgan fingerprint density at radius 2 is 1.79 bits per heavy atom. The van der Waals surface area contributed by atoms with Crippen LogP contribution in [0.2, 0.25) is 19.6 Å². The first-order chi connectivity index (χ1) is 6.13. The Kier molecular flexibility index (Phi) is 4.40. The number of hydrogen-bond donors (Lipinski definition) is 1. The standard InChI is InChI=1S/C11H21NOSi/c1-11(2,3)10(13)12-8-7-9-14(4,5)6/h8H2,1-6H3,(H,12,13). The number of nitrogens with one attached hydrogen (secondary N) is 1. The van der Waals surface area contributed by atoms with E-state index in [1.54, 1.807) is 0 Å². The lowest BCUT2D eigenvalue weighted by Gasteiger charge is -2.16. The summed E-state index contributed by atoms with van der Waals surface area (Å²) in [6, 6.07) is 0. The molecular weight excluding hydrogens is 190 g/mol. The summed E-state index contributed by atoms with van der Waals surface area (Å²) < 4.78 is 0. The van der Waals surface area contributed by atoms with Crippen LogP contribution < -0.4 is 5.32 Å². The van der Waals surface area contributed by atoms with E-state index in [2.05, 4.69) is 36.4 Å². The first-order valence-electron chi connectivity index (χ1n) is 4.91. The maximum Gasteiger partial charge on any atom is 0.226 e. The smallest absolute Gasteiger partial charge is 0.226 e. The number of carbonyl (C=O) groups is 1. The molecule has 0 atom stereocenters. The molecule has 0 aromatic carbocycles. The number of rotatable bonds is 1. The predicted octanol–water partition coefficient (Wildman–Crippen LogP) is 2.03. The Morgan fingerprint density at radius 1 is 1.29 bits per heavy atom. The van der Waals surface area contributed by atoms with Gasteiger partial charge in [0, 0.05) is 5.41 Å². The van der Waals surface area contributed by atoms with Gasteiger partial charge in [0.1, 0.15) is 8.07 Å². The zero-order chi connectivity index (χ0) is 11.4. The molecule has 80 valence electrons. The summed E-state index contributed by atoms with van der Waals surface area (Å²) in [5.41, 5.74) is 2.88. The van der Waals surface area contributed by atoms with E-state index < -0.39 is 8.07 Å². The topological polar surface area (TPSA) is 29.1 Å². The van der Waals surface area contributed by atoms with E-state index in [1.165, 1.54) is 0 Å². The molecule has 0 aliphatic rings. The van der Waals surface area contributed by atoms with Gasteiger partial charge in [-0.25, -0.2) is 0 Å². The van der Waals surface area contributed by atoms with Crippen molar-refractivity contribution in [2.24, 2.45) is 5.41 Å². The monoisotopic (exact) mass is 211 g/mol. The summed E-state index contributed by atoms with van der Waals surface area (Å²) in [6.45, 7) is 12.7. The summed E-state index contributed by atoms with van der Waals surface area (Å²) >= 11 is 0. The molecule has 0 aromatic rings. The SMILES string of the molecule is CC(C)(C)C(=O)NCC#C[Si](C)(C)C. The van der Waals surface area contributed by atoms with Crippen molar-refractivity contribution in [1.82, 2.24) is 5.32 Å². The van der Waals surface area contributed by atoms with Gasteiger partial charge in [0.05, 0.1) is 6.54 Å². The van der Waals surface area contributed by atoms with Crippen LogP contribution in [0.5, 0.6) is 0 Å². The number of hydrogen-bond acceptors (Lipinski definition) is 1. The Balaban J connectivity index is 3.97. The summed E-state index contributed by atoms with van der Waals surface area (Å²) in [5.74, 6) is 3.07. The molecule has 0 unspecified atom stereocenters. The van der Waals surface area contributed by atoms with E-state index in [9.17, 15) is 4.79 Å². The highest BCUT2D eigenvalue weighted by Crippen LogP contribution is 2.11. The second-order valence-electron chi connectivity index (χ2n) is 5.48. The van der Waals surface area contributed by atoms with Crippen LogP contribution in [0.25, 0.3) is 0 Å². The first kappa shape index (κ1) is 13.2. The van der Waals surface area contributed by atoms with E-state index in [1.807, 2.05) is 20.8 Å². The highest BCUT2D eigenvalue weighted by molar-refractivity contribution is 6.83. The first-order valence-corrected chi connectivity index (χ1v) is 8.41. The highest BCUT2D eigenvalue weighted by atomic mass is 28.3. The van der Waals surface area contributed by atoms with E-state index >= 15 is 0 Å². The number of amides is 1. The minimum absolute atomic E-state index is 0.0578. The van der Waals surface area contributed by atoms with Crippen LogP contribution in [0, 0.1) is 16.9 Å². The van der Waals surface area contributed by atoms with Gasteiger partial charge in [-0.3, -0.25) is 4.79 Å². The molecule has 1 amide bonds. The normalized spacial score (nSPS) is 11.6. The number of carbonyl (C=O) groups excluding carboxylic acids is 1. The second kappa shape index (κ2) is 4.65. The summed E-state index contributed by atoms with van der Waals surface area (Å²) in [7, 11) is -1.29. The van der Waals surface area contributed by atoms with Gasteiger partial charge in [-0.2, -0.15) is 0 Å². The lowest BCUT2D eigenvalue weighted by molar-refractivity contribution is -0.128. The zero-order valence-corrected chi connectivity index (χ0v) is 11.1. The molecule has 0 saturated carbocycles. The maximum atomic E-state index is 11.4. The van der Waals surface area contributed by atoms with E-state index in [0.717, 1.165) is 0 Å². The van der Waals surface area contributed by atoms with Gasteiger partial charge in [0.25, 0.3) is 0 Å². The van der Waals surface area contributed by atoms with E-state index in [0.29, 0.717) is 6.54 Å². The van der Waals surface area contributed by atoms with E-state index in [-0.39, 0.29) is 11.3 Å². The molecule has 0 rings (SSSR count). The molecule has 3 heteroatoms. The third-order valence-electron chi connectivity index (χ3n) is 1.48. The molecule has 0 bridgehead atoms. The molecule has 1 N–H and O–H groups in total. The van der Waals surface area contributed by atoms with Gasteiger partial charge in [0.15, 0.2) is 0 Å². The van der Waals surface area contributed by atoms with Crippen molar-refractivity contribution in [3.05, 3.63) is 0 Å². The fraction of sp³-hybridized carbons (Fsp3) is 0.727. The van der Waals surface area contributed by atoms with Crippen molar-refractivity contribution < 1.29 is 4.79 Å². The second-order valence-corrected chi connectivity index (χ2v) is 10.2. The van der Waals surface area contributed by atoms with Crippen LogP contribution in [-0.4, -0.2) is 20.5 Å². The van der Waals surface area contributed by atoms with Crippen molar-refractivity contribution in [2.75, 3.05) is 6.54 Å². The molecule has 14 heavy (non-hydrogen) atoms. The fourth-order valence-electron chi connectivity index (χ4n) is 0.699. The van der Waals surface area contributed by atoms with Gasteiger partial charge in [-0.15, -0.1) is 5.54 Å². The summed E-state index contributed by atoms with van der Waals surface area (Å²) in [5, 5.41) is 2.80. The minimum atomic E-state index is -1.29. The average Bonchev–Trinajstić information content (AvgIpc) is 1.93.